The number of imidazole rings is 1. The van der Waals surface area contributed by atoms with Gasteiger partial charge in [-0.1, -0.05) is 164 Å². The predicted octanol–water partition coefficient (Wildman–Crippen LogP) is 11.8. The standard InChI is InChI=1S/C48H31N5/c1-4-14-32(15-5-1)33-23-29-38(30-24-33)48-51-43(35-16-6-2-7-17-35)42(44(52-48)36-18-8-3-9-19-36)34-25-27-37(28-26-34)45-47-46(39-20-10-11-21-40(39)49-45)50-41-22-12-13-31-53(41)47/h1-31H. The third-order valence-electron chi connectivity index (χ3n) is 9.85. The molecule has 0 bridgehead atoms. The van der Waals surface area contributed by atoms with E-state index in [1.54, 1.807) is 0 Å². The lowest BCUT2D eigenvalue weighted by Gasteiger charge is -2.17. The minimum atomic E-state index is 0.679. The number of pyridine rings is 2. The molecule has 0 atom stereocenters. The number of benzene rings is 6. The third-order valence-corrected chi connectivity index (χ3v) is 9.85. The molecular weight excluding hydrogens is 647 g/mol. The summed E-state index contributed by atoms with van der Waals surface area (Å²) < 4.78 is 2.14. The van der Waals surface area contributed by atoms with E-state index in [-0.39, 0.29) is 0 Å². The van der Waals surface area contributed by atoms with Crippen LogP contribution in [0.1, 0.15) is 0 Å². The first-order chi connectivity index (χ1) is 26.3. The molecule has 248 valence electrons. The molecule has 0 aliphatic carbocycles. The maximum Gasteiger partial charge on any atom is 0.160 e. The van der Waals surface area contributed by atoms with E-state index in [1.165, 1.54) is 5.56 Å². The van der Waals surface area contributed by atoms with Gasteiger partial charge in [0.25, 0.3) is 0 Å². The van der Waals surface area contributed by atoms with E-state index >= 15 is 0 Å². The number of aromatic nitrogens is 5. The smallest absolute Gasteiger partial charge is 0.160 e. The molecule has 4 aromatic heterocycles. The van der Waals surface area contributed by atoms with Crippen LogP contribution in [0.15, 0.2) is 188 Å². The molecule has 0 saturated carbocycles. The Balaban J connectivity index is 1.16. The molecule has 0 radical (unpaired) electrons. The van der Waals surface area contributed by atoms with E-state index in [4.69, 9.17) is 19.9 Å². The molecular formula is C48H31N5. The average molecular weight is 678 g/mol. The van der Waals surface area contributed by atoms with Crippen molar-refractivity contribution in [2.24, 2.45) is 0 Å². The van der Waals surface area contributed by atoms with Gasteiger partial charge in [-0.05, 0) is 34.9 Å². The Bertz CT molecular complexity index is 2840. The largest absolute Gasteiger partial charge is 0.298 e. The zero-order chi connectivity index (χ0) is 35.1. The van der Waals surface area contributed by atoms with E-state index in [9.17, 15) is 0 Å². The Morgan fingerprint density at radius 2 is 0.830 bits per heavy atom. The fourth-order valence-corrected chi connectivity index (χ4v) is 7.27. The van der Waals surface area contributed by atoms with Gasteiger partial charge in [-0.2, -0.15) is 0 Å². The summed E-state index contributed by atoms with van der Waals surface area (Å²) in [4.78, 5) is 20.9. The summed E-state index contributed by atoms with van der Waals surface area (Å²) in [6.45, 7) is 0. The number of hydrogen-bond acceptors (Lipinski definition) is 4. The molecule has 5 nitrogen and oxygen atoms in total. The number of para-hydroxylation sites is 1. The van der Waals surface area contributed by atoms with Gasteiger partial charge in [-0.3, -0.25) is 4.40 Å². The van der Waals surface area contributed by atoms with Crippen LogP contribution in [0, 0.1) is 0 Å². The Kier molecular flexibility index (Phi) is 7.40. The molecule has 4 heterocycles. The van der Waals surface area contributed by atoms with Crippen LogP contribution in [0.3, 0.4) is 0 Å². The number of rotatable bonds is 6. The molecule has 0 amide bonds. The minimum Gasteiger partial charge on any atom is -0.298 e. The normalized spacial score (nSPS) is 11.4. The second-order valence-electron chi connectivity index (χ2n) is 13.1. The van der Waals surface area contributed by atoms with Gasteiger partial charge in [-0.15, -0.1) is 0 Å². The minimum absolute atomic E-state index is 0.679. The van der Waals surface area contributed by atoms with Crippen molar-refractivity contribution >= 4 is 27.6 Å². The summed E-state index contributed by atoms with van der Waals surface area (Å²) in [5, 5.41) is 1.04. The molecule has 5 heteroatoms. The first-order valence-electron chi connectivity index (χ1n) is 17.7. The highest BCUT2D eigenvalue weighted by atomic mass is 15.0. The fourth-order valence-electron chi connectivity index (χ4n) is 7.27. The molecule has 0 saturated heterocycles. The molecule has 0 unspecified atom stereocenters. The highest BCUT2D eigenvalue weighted by Crippen LogP contribution is 2.41. The predicted molar refractivity (Wildman–Crippen MR) is 216 cm³/mol. The van der Waals surface area contributed by atoms with Crippen molar-refractivity contribution in [3.05, 3.63) is 188 Å². The van der Waals surface area contributed by atoms with Gasteiger partial charge in [0.2, 0.25) is 0 Å². The molecule has 0 fully saturated rings. The van der Waals surface area contributed by atoms with Crippen molar-refractivity contribution in [1.82, 2.24) is 24.3 Å². The van der Waals surface area contributed by atoms with Gasteiger partial charge >= 0.3 is 0 Å². The Hall–Kier alpha value is -7.24. The molecule has 0 spiro atoms. The first-order valence-corrected chi connectivity index (χ1v) is 17.7. The van der Waals surface area contributed by atoms with Gasteiger partial charge in [0.15, 0.2) is 5.82 Å². The monoisotopic (exact) mass is 677 g/mol. The summed E-state index contributed by atoms with van der Waals surface area (Å²) in [5.74, 6) is 0.679. The lowest BCUT2D eigenvalue weighted by Crippen LogP contribution is -2.01. The Labute approximate surface area is 306 Å². The maximum absolute atomic E-state index is 5.33. The topological polar surface area (TPSA) is 56.0 Å². The molecule has 6 aromatic carbocycles. The molecule has 10 aromatic rings. The van der Waals surface area contributed by atoms with Crippen LogP contribution in [0.25, 0.3) is 95.0 Å². The van der Waals surface area contributed by atoms with E-state index in [2.05, 4.69) is 144 Å². The van der Waals surface area contributed by atoms with Crippen LogP contribution in [-0.2, 0) is 0 Å². The fraction of sp³-hybridized carbons (Fsp3) is 0. The van der Waals surface area contributed by atoms with Gasteiger partial charge in [0.05, 0.1) is 28.1 Å². The number of hydrogen-bond donors (Lipinski definition) is 0. The zero-order valence-electron chi connectivity index (χ0n) is 28.6. The van der Waals surface area contributed by atoms with Crippen molar-refractivity contribution in [2.75, 3.05) is 0 Å². The van der Waals surface area contributed by atoms with E-state index in [1.807, 2.05) is 48.5 Å². The molecule has 0 N–H and O–H groups in total. The van der Waals surface area contributed by atoms with Crippen molar-refractivity contribution in [1.29, 1.82) is 0 Å². The lowest BCUT2D eigenvalue weighted by molar-refractivity contribution is 1.18. The Morgan fingerprint density at radius 1 is 0.340 bits per heavy atom. The van der Waals surface area contributed by atoms with Crippen molar-refractivity contribution in [3.63, 3.8) is 0 Å². The third kappa shape index (κ3) is 5.43. The van der Waals surface area contributed by atoms with Crippen LogP contribution >= 0.6 is 0 Å². The molecule has 10 rings (SSSR count). The highest BCUT2D eigenvalue weighted by Gasteiger charge is 2.21. The van der Waals surface area contributed by atoms with E-state index in [0.717, 1.165) is 83.6 Å². The van der Waals surface area contributed by atoms with Crippen LogP contribution in [0.5, 0.6) is 0 Å². The second-order valence-corrected chi connectivity index (χ2v) is 13.1. The summed E-state index contributed by atoms with van der Waals surface area (Å²) in [5.41, 5.74) is 14.7. The van der Waals surface area contributed by atoms with Gasteiger partial charge in [0, 0.05) is 39.4 Å². The summed E-state index contributed by atoms with van der Waals surface area (Å²) in [6.07, 6.45) is 2.06. The maximum atomic E-state index is 5.33. The zero-order valence-corrected chi connectivity index (χ0v) is 28.6. The van der Waals surface area contributed by atoms with E-state index in [0.29, 0.717) is 5.82 Å². The van der Waals surface area contributed by atoms with Gasteiger partial charge in [0.1, 0.15) is 11.2 Å². The number of nitrogens with zero attached hydrogens (tertiary/aromatic N) is 5. The van der Waals surface area contributed by atoms with Crippen LogP contribution in [0.4, 0.5) is 0 Å². The molecule has 0 aliphatic heterocycles. The number of fused-ring (bicyclic) bond motifs is 5. The highest BCUT2D eigenvalue weighted by molar-refractivity contribution is 6.09. The quantitative estimate of drug-likeness (QED) is 0.176. The average Bonchev–Trinajstić information content (AvgIpc) is 3.64. The summed E-state index contributed by atoms with van der Waals surface area (Å²) >= 11 is 0. The lowest BCUT2D eigenvalue weighted by atomic mass is 9.93. The van der Waals surface area contributed by atoms with Crippen LogP contribution < -0.4 is 0 Å². The Morgan fingerprint density at radius 3 is 1.49 bits per heavy atom. The van der Waals surface area contributed by atoms with E-state index < -0.39 is 0 Å². The van der Waals surface area contributed by atoms with Gasteiger partial charge in [-0.25, -0.2) is 19.9 Å². The second kappa shape index (κ2) is 12.8. The van der Waals surface area contributed by atoms with Crippen LogP contribution in [0.2, 0.25) is 0 Å². The van der Waals surface area contributed by atoms with Crippen LogP contribution in [-0.4, -0.2) is 24.3 Å². The van der Waals surface area contributed by atoms with Gasteiger partial charge < -0.3 is 0 Å². The van der Waals surface area contributed by atoms with Crippen molar-refractivity contribution in [3.8, 4) is 67.4 Å². The summed E-state index contributed by atoms with van der Waals surface area (Å²) in [7, 11) is 0. The summed E-state index contributed by atoms with van der Waals surface area (Å²) in [6, 6.07) is 62.8. The first kappa shape index (κ1) is 30.6. The van der Waals surface area contributed by atoms with Crippen molar-refractivity contribution < 1.29 is 0 Å². The molecule has 53 heavy (non-hydrogen) atoms. The van der Waals surface area contributed by atoms with Crippen molar-refractivity contribution in [2.45, 2.75) is 0 Å². The molecule has 0 aliphatic rings. The SMILES string of the molecule is c1ccc(-c2ccc(-c3nc(-c4ccccc4)c(-c4ccc(-c5nc6ccccc6c6nc7ccccn7c56)cc4)c(-c4ccccc4)n3)cc2)cc1.